The van der Waals surface area contributed by atoms with Crippen LogP contribution in [0.3, 0.4) is 0 Å². The number of carbonyl (C=O) groups is 2. The van der Waals surface area contributed by atoms with Crippen LogP contribution in [0.25, 0.3) is 11.1 Å². The summed E-state index contributed by atoms with van der Waals surface area (Å²) < 4.78 is 51.6. The molecule has 10 heteroatoms. The number of nitrogens with zero attached hydrogens (tertiary/aromatic N) is 1. The number of benzene rings is 1. The second-order valence-electron chi connectivity index (χ2n) is 6.97. The van der Waals surface area contributed by atoms with Gasteiger partial charge < -0.3 is 19.4 Å². The normalized spacial score (nSPS) is 16.0. The molecule has 1 aliphatic rings. The van der Waals surface area contributed by atoms with Gasteiger partial charge in [0.25, 0.3) is 0 Å². The van der Waals surface area contributed by atoms with Gasteiger partial charge in [-0.2, -0.15) is 13.2 Å². The molecule has 1 fully saturated rings. The molecule has 0 N–H and O–H groups in total. The van der Waals surface area contributed by atoms with Crippen LogP contribution in [0, 0.1) is 13.8 Å². The van der Waals surface area contributed by atoms with Gasteiger partial charge in [-0.25, -0.2) is 4.79 Å². The Morgan fingerprint density at radius 2 is 1.84 bits per heavy atom. The Morgan fingerprint density at radius 1 is 1.19 bits per heavy atom. The van der Waals surface area contributed by atoms with Crippen LogP contribution in [0.15, 0.2) is 24.3 Å². The number of carboxylic acids is 1. The standard InChI is InChI=1S/C21H20F3NO5.Na/c1-11-16(19(26)27)18(14-7-3-4-8-15(14)21(22,23)24)17(12(2)25-11)20(28)30-10-13-6-5-9-29-13;/h3-4,7-8,13H,5-6,9-10H2,1-2H3,(H,26,27);/q;+1/p-1/t13-;/m1./s1. The van der Waals surface area contributed by atoms with Gasteiger partial charge >= 0.3 is 41.7 Å². The average molecular weight is 445 g/mol. The van der Waals surface area contributed by atoms with Crippen LogP contribution in [-0.4, -0.2) is 36.2 Å². The fraction of sp³-hybridized carbons (Fsp3) is 0.381. The van der Waals surface area contributed by atoms with Gasteiger partial charge in [0.1, 0.15) is 6.61 Å². The van der Waals surface area contributed by atoms with Crippen LogP contribution >= 0.6 is 0 Å². The van der Waals surface area contributed by atoms with Crippen molar-refractivity contribution in [3.63, 3.8) is 0 Å². The van der Waals surface area contributed by atoms with E-state index in [0.717, 1.165) is 18.6 Å². The van der Waals surface area contributed by atoms with E-state index in [1.807, 2.05) is 0 Å². The summed E-state index contributed by atoms with van der Waals surface area (Å²) in [5, 5.41) is 11.8. The maximum absolute atomic E-state index is 13.6. The number of alkyl halides is 3. The van der Waals surface area contributed by atoms with Gasteiger partial charge in [-0.15, -0.1) is 0 Å². The molecule has 0 radical (unpaired) electrons. The first-order valence-corrected chi connectivity index (χ1v) is 9.29. The van der Waals surface area contributed by atoms with Crippen molar-refractivity contribution >= 4 is 11.9 Å². The van der Waals surface area contributed by atoms with Gasteiger partial charge in [0.15, 0.2) is 0 Å². The third kappa shape index (κ3) is 5.46. The molecule has 31 heavy (non-hydrogen) atoms. The van der Waals surface area contributed by atoms with Gasteiger partial charge in [0, 0.05) is 23.4 Å². The molecule has 2 aromatic rings. The average Bonchev–Trinajstić information content (AvgIpc) is 3.18. The van der Waals surface area contributed by atoms with E-state index in [0.29, 0.717) is 13.0 Å². The smallest absolute Gasteiger partial charge is 0.545 e. The first-order chi connectivity index (χ1) is 14.1. The van der Waals surface area contributed by atoms with Crippen molar-refractivity contribution in [2.24, 2.45) is 0 Å². The molecule has 1 saturated heterocycles. The van der Waals surface area contributed by atoms with E-state index in [1.165, 1.54) is 26.0 Å². The molecule has 6 nitrogen and oxygen atoms in total. The number of pyridine rings is 1. The Morgan fingerprint density at radius 3 is 2.42 bits per heavy atom. The van der Waals surface area contributed by atoms with E-state index < -0.39 is 40.4 Å². The molecule has 0 unspecified atom stereocenters. The van der Waals surface area contributed by atoms with Crippen LogP contribution in [0.4, 0.5) is 13.2 Å². The van der Waals surface area contributed by atoms with E-state index in [4.69, 9.17) is 9.47 Å². The van der Waals surface area contributed by atoms with Crippen molar-refractivity contribution < 1.29 is 66.9 Å². The summed E-state index contributed by atoms with van der Waals surface area (Å²) in [6.07, 6.45) is -3.58. The molecule has 160 valence electrons. The summed E-state index contributed by atoms with van der Waals surface area (Å²) in [6.45, 7) is 3.19. The summed E-state index contributed by atoms with van der Waals surface area (Å²) in [7, 11) is 0. The molecular weight excluding hydrogens is 426 g/mol. The van der Waals surface area contributed by atoms with Gasteiger partial charge in [-0.1, -0.05) is 18.2 Å². The summed E-state index contributed by atoms with van der Waals surface area (Å²) >= 11 is 0. The third-order valence-corrected chi connectivity index (χ3v) is 4.89. The van der Waals surface area contributed by atoms with Gasteiger partial charge in [0.2, 0.25) is 0 Å². The molecule has 1 aliphatic heterocycles. The molecule has 3 rings (SSSR count). The predicted octanol–water partition coefficient (Wildman–Crippen LogP) is 0.0875. The minimum absolute atomic E-state index is 0. The van der Waals surface area contributed by atoms with E-state index in [2.05, 4.69) is 4.98 Å². The Kier molecular flexibility index (Phi) is 8.27. The molecule has 0 bridgehead atoms. The minimum atomic E-state index is -4.77. The fourth-order valence-electron chi connectivity index (χ4n) is 3.58. The maximum atomic E-state index is 13.6. The van der Waals surface area contributed by atoms with Crippen LogP contribution < -0.4 is 34.7 Å². The molecular formula is C21H19F3NNaO5. The van der Waals surface area contributed by atoms with E-state index >= 15 is 0 Å². The van der Waals surface area contributed by atoms with Crippen LogP contribution in [0.5, 0.6) is 0 Å². The Balaban J connectivity index is 0.00000341. The molecule has 1 aromatic carbocycles. The number of carboxylic acid groups (broad SMARTS) is 1. The number of rotatable bonds is 5. The predicted molar refractivity (Wildman–Crippen MR) is 97.7 cm³/mol. The van der Waals surface area contributed by atoms with Crippen LogP contribution in [0.2, 0.25) is 0 Å². The number of carbonyl (C=O) groups excluding carboxylic acids is 2. The van der Waals surface area contributed by atoms with E-state index in [1.54, 1.807) is 0 Å². The number of hydrogen-bond acceptors (Lipinski definition) is 6. The zero-order valence-electron chi connectivity index (χ0n) is 17.3. The number of halogens is 3. The number of aryl methyl sites for hydroxylation is 2. The SMILES string of the molecule is Cc1nc(C)c(C(=O)OC[C@H]2CCCO2)c(-c2ccccc2C(F)(F)F)c1C(=O)[O-].[Na+]. The molecule has 1 atom stereocenters. The monoisotopic (exact) mass is 445 g/mol. The van der Waals surface area contributed by atoms with Crippen molar-refractivity contribution in [3.8, 4) is 11.1 Å². The molecule has 0 amide bonds. The second-order valence-corrected chi connectivity index (χ2v) is 6.97. The molecule has 0 saturated carbocycles. The summed E-state index contributed by atoms with van der Waals surface area (Å²) in [4.78, 5) is 28.7. The van der Waals surface area contributed by atoms with Gasteiger partial charge in [-0.3, -0.25) is 4.98 Å². The Labute approximate surface area is 199 Å². The summed E-state index contributed by atoms with van der Waals surface area (Å²) in [5.74, 6) is -2.70. The molecule has 0 aliphatic carbocycles. The third-order valence-electron chi connectivity index (χ3n) is 4.89. The zero-order chi connectivity index (χ0) is 22.1. The van der Waals surface area contributed by atoms with E-state index in [-0.39, 0.29) is 59.2 Å². The van der Waals surface area contributed by atoms with Crippen molar-refractivity contribution in [3.05, 3.63) is 52.3 Å². The fourth-order valence-corrected chi connectivity index (χ4v) is 3.58. The summed E-state index contributed by atoms with van der Waals surface area (Å²) in [5.41, 5.74) is -2.87. The largest absolute Gasteiger partial charge is 1.00 e. The molecule has 2 heterocycles. The number of aromatic carboxylic acids is 1. The maximum Gasteiger partial charge on any atom is 1.00 e. The van der Waals surface area contributed by atoms with Crippen LogP contribution in [0.1, 0.15) is 50.5 Å². The van der Waals surface area contributed by atoms with Gasteiger partial charge in [0.05, 0.1) is 28.9 Å². The van der Waals surface area contributed by atoms with Crippen molar-refractivity contribution in [1.29, 1.82) is 0 Å². The number of esters is 1. The van der Waals surface area contributed by atoms with Gasteiger partial charge in [-0.05, 0) is 38.3 Å². The first-order valence-electron chi connectivity index (χ1n) is 9.29. The van der Waals surface area contributed by atoms with Crippen molar-refractivity contribution in [2.75, 3.05) is 13.2 Å². The Bertz CT molecular complexity index is 988. The molecule has 0 spiro atoms. The number of ether oxygens (including phenoxy) is 2. The van der Waals surface area contributed by atoms with Crippen LogP contribution in [-0.2, 0) is 15.7 Å². The Hall–Kier alpha value is -1.94. The van der Waals surface area contributed by atoms with Crippen molar-refractivity contribution in [1.82, 2.24) is 4.98 Å². The van der Waals surface area contributed by atoms with E-state index in [9.17, 15) is 27.9 Å². The molecule has 1 aromatic heterocycles. The number of hydrogen-bond donors (Lipinski definition) is 0. The first kappa shape index (κ1) is 25.3. The minimum Gasteiger partial charge on any atom is -0.545 e. The number of aromatic nitrogens is 1. The summed E-state index contributed by atoms with van der Waals surface area (Å²) in [6, 6.07) is 4.44. The van der Waals surface area contributed by atoms with Crippen molar-refractivity contribution in [2.45, 2.75) is 39.0 Å². The second kappa shape index (κ2) is 10.1. The topological polar surface area (TPSA) is 88.6 Å². The zero-order valence-corrected chi connectivity index (χ0v) is 19.3. The quantitative estimate of drug-likeness (QED) is 0.479.